The van der Waals surface area contributed by atoms with Gasteiger partial charge in [-0.05, 0) is 39.8 Å². The number of benzene rings is 1. The van der Waals surface area contributed by atoms with E-state index in [-0.39, 0.29) is 35.4 Å². The summed E-state index contributed by atoms with van der Waals surface area (Å²) in [6, 6.07) is 3.39. The van der Waals surface area contributed by atoms with E-state index in [2.05, 4.69) is 15.0 Å². The van der Waals surface area contributed by atoms with Crippen molar-refractivity contribution in [1.82, 2.24) is 19.9 Å². The third kappa shape index (κ3) is 5.03. The van der Waals surface area contributed by atoms with E-state index < -0.39 is 45.7 Å². The summed E-state index contributed by atoms with van der Waals surface area (Å²) in [5.41, 5.74) is -3.20. The van der Waals surface area contributed by atoms with Gasteiger partial charge in [0.1, 0.15) is 23.1 Å². The normalized spacial score (nSPS) is 19.4. The van der Waals surface area contributed by atoms with Crippen LogP contribution in [0.5, 0.6) is 5.88 Å². The number of halogens is 4. The van der Waals surface area contributed by atoms with E-state index >= 15 is 4.39 Å². The molecule has 1 fully saturated rings. The first kappa shape index (κ1) is 25.5. The quantitative estimate of drug-likeness (QED) is 0.532. The lowest BCUT2D eigenvalue weighted by atomic mass is 9.98. The zero-order chi connectivity index (χ0) is 26.4. The highest BCUT2D eigenvalue weighted by atomic mass is 19.4. The number of pyridine rings is 1. The molecule has 4 rings (SSSR count). The Morgan fingerprint density at radius 3 is 2.50 bits per heavy atom. The van der Waals surface area contributed by atoms with E-state index in [0.717, 1.165) is 0 Å². The van der Waals surface area contributed by atoms with Gasteiger partial charge in [-0.25, -0.2) is 14.4 Å². The zero-order valence-electron chi connectivity index (χ0n) is 19.9. The monoisotopic (exact) mass is 508 g/mol. The maximum absolute atomic E-state index is 15.3. The molecule has 3 atom stereocenters. The molecule has 0 radical (unpaired) electrons. The molecule has 12 heteroatoms. The molecule has 0 saturated carbocycles. The number of hydrogen-bond acceptors (Lipinski definition) is 6. The third-order valence-electron chi connectivity index (χ3n) is 5.79. The zero-order valence-corrected chi connectivity index (χ0v) is 19.9. The number of nitrogens with one attached hydrogen (secondary N) is 1. The summed E-state index contributed by atoms with van der Waals surface area (Å²) >= 11 is 0. The van der Waals surface area contributed by atoms with E-state index in [1.54, 1.807) is 4.90 Å². The number of aryl methyl sites for hydroxylation is 1. The van der Waals surface area contributed by atoms with Crippen LogP contribution in [-0.4, -0.2) is 51.1 Å². The molecule has 1 aliphatic rings. The number of carbonyl (C=O) groups is 1. The summed E-state index contributed by atoms with van der Waals surface area (Å²) in [5.74, 6) is -1.71. The van der Waals surface area contributed by atoms with Crippen molar-refractivity contribution in [3.8, 4) is 5.88 Å². The van der Waals surface area contributed by atoms with Crippen LogP contribution in [0, 0.1) is 12.7 Å². The van der Waals surface area contributed by atoms with E-state index in [4.69, 9.17) is 9.47 Å². The van der Waals surface area contributed by atoms with Gasteiger partial charge in [-0.1, -0.05) is 0 Å². The number of hydrogen-bond donors (Lipinski definition) is 1. The molecule has 1 aliphatic heterocycles. The molecule has 3 heterocycles. The molecule has 192 valence electrons. The molecule has 2 aromatic heterocycles. The Balaban J connectivity index is 1.63. The third-order valence-corrected chi connectivity index (χ3v) is 5.79. The fourth-order valence-electron chi connectivity index (χ4n) is 4.37. The van der Waals surface area contributed by atoms with Gasteiger partial charge in [-0.2, -0.15) is 13.2 Å². The number of nitrogens with zero attached hydrogens (tertiary/aromatic N) is 3. The molecule has 8 nitrogen and oxygen atoms in total. The van der Waals surface area contributed by atoms with Crippen LogP contribution < -0.4 is 10.3 Å². The Morgan fingerprint density at radius 2 is 1.92 bits per heavy atom. The van der Waals surface area contributed by atoms with E-state index in [1.165, 1.54) is 32.2 Å². The summed E-state index contributed by atoms with van der Waals surface area (Å²) in [4.78, 5) is 36.9. The summed E-state index contributed by atoms with van der Waals surface area (Å²) in [6.45, 7) is 7.14. The number of rotatable bonds is 4. The van der Waals surface area contributed by atoms with Gasteiger partial charge < -0.3 is 19.4 Å². The number of alkyl halides is 3. The largest absolute Gasteiger partial charge is 0.470 e. The minimum Gasteiger partial charge on any atom is -0.470 e. The van der Waals surface area contributed by atoms with Gasteiger partial charge in [0.25, 0.3) is 11.5 Å². The highest BCUT2D eigenvalue weighted by Gasteiger charge is 2.38. The Labute approximate surface area is 203 Å². The van der Waals surface area contributed by atoms with Gasteiger partial charge in [0.05, 0.1) is 28.9 Å². The van der Waals surface area contributed by atoms with Crippen molar-refractivity contribution in [1.29, 1.82) is 0 Å². The summed E-state index contributed by atoms with van der Waals surface area (Å²) in [5, 5.41) is -0.595. The first-order valence-electron chi connectivity index (χ1n) is 11.2. The van der Waals surface area contributed by atoms with Crippen molar-refractivity contribution in [3.05, 3.63) is 63.1 Å². The van der Waals surface area contributed by atoms with E-state index in [0.29, 0.717) is 19.2 Å². The first-order valence-corrected chi connectivity index (χ1v) is 11.2. The number of ether oxygens (including phenoxy) is 2. The minimum absolute atomic E-state index is 0.0527. The molecular formula is C24H24F4N4O4. The van der Waals surface area contributed by atoms with Gasteiger partial charge in [-0.3, -0.25) is 9.59 Å². The smallest absolute Gasteiger partial charge is 0.416 e. The summed E-state index contributed by atoms with van der Waals surface area (Å²) < 4.78 is 67.9. The average Bonchev–Trinajstić information content (AvgIpc) is 2.77. The predicted molar refractivity (Wildman–Crippen MR) is 121 cm³/mol. The second-order valence-corrected chi connectivity index (χ2v) is 8.81. The molecule has 1 N–H and O–H groups in total. The number of aromatic amines is 1. The van der Waals surface area contributed by atoms with Crippen molar-refractivity contribution in [2.75, 3.05) is 13.1 Å². The molecule has 36 heavy (non-hydrogen) atoms. The van der Waals surface area contributed by atoms with Crippen LogP contribution in [0.2, 0.25) is 0 Å². The SMILES string of the molecule is Cc1nc2cc(C(F)(F)F)c(C(C)Oc3ccc(C(=O)N4CC(C)OC(C)C4)cn3)c(F)c2c(=O)[nH]1. The number of morpholine rings is 1. The Kier molecular flexibility index (Phi) is 6.74. The second-order valence-electron chi connectivity index (χ2n) is 8.81. The van der Waals surface area contributed by atoms with Crippen LogP contribution in [0.15, 0.2) is 29.2 Å². The van der Waals surface area contributed by atoms with Gasteiger partial charge in [-0.15, -0.1) is 0 Å². The number of carbonyl (C=O) groups excluding carboxylic acids is 1. The topological polar surface area (TPSA) is 97.4 Å². The maximum Gasteiger partial charge on any atom is 0.416 e. The van der Waals surface area contributed by atoms with E-state index in [9.17, 15) is 22.8 Å². The highest BCUT2D eigenvalue weighted by molar-refractivity contribution is 5.94. The standard InChI is InChI=1S/C24H24F4N4O4/c1-11-9-32(10-12(2)35-11)23(34)15-5-6-18(29-8-15)36-13(3)19-16(24(26,27)28)7-17-20(21(19)25)22(33)31-14(4)30-17/h5-8,11-13H,9-10H2,1-4H3,(H,30,31,33). The number of aromatic nitrogens is 3. The Hall–Kier alpha value is -3.54. The lowest BCUT2D eigenvalue weighted by Crippen LogP contribution is -2.48. The van der Waals surface area contributed by atoms with E-state index in [1.807, 2.05) is 13.8 Å². The number of H-pyrrole nitrogens is 1. The molecular weight excluding hydrogens is 484 g/mol. The van der Waals surface area contributed by atoms with Gasteiger partial charge >= 0.3 is 6.18 Å². The molecule has 3 unspecified atom stereocenters. The van der Waals surface area contributed by atoms with Crippen molar-refractivity contribution in [2.24, 2.45) is 0 Å². The minimum atomic E-state index is -4.93. The van der Waals surface area contributed by atoms with Crippen LogP contribution >= 0.6 is 0 Å². The fraction of sp³-hybridized carbons (Fsp3) is 0.417. The predicted octanol–water partition coefficient (Wildman–Crippen LogP) is 4.17. The Morgan fingerprint density at radius 1 is 1.25 bits per heavy atom. The first-order chi connectivity index (χ1) is 16.8. The molecule has 1 saturated heterocycles. The highest BCUT2D eigenvalue weighted by Crippen LogP contribution is 2.39. The molecule has 3 aromatic rings. The second kappa shape index (κ2) is 9.49. The van der Waals surface area contributed by atoms with Gasteiger partial charge in [0.15, 0.2) is 0 Å². The van der Waals surface area contributed by atoms with Crippen LogP contribution in [0.1, 0.15) is 54.2 Å². The molecule has 0 aliphatic carbocycles. The lowest BCUT2D eigenvalue weighted by Gasteiger charge is -2.35. The maximum atomic E-state index is 15.3. The summed E-state index contributed by atoms with van der Waals surface area (Å²) in [6.07, 6.45) is -5.41. The van der Waals surface area contributed by atoms with Crippen LogP contribution in [-0.2, 0) is 10.9 Å². The van der Waals surface area contributed by atoms with Crippen LogP contribution in [0.25, 0.3) is 10.9 Å². The van der Waals surface area contributed by atoms with Crippen LogP contribution in [0.3, 0.4) is 0 Å². The molecule has 0 spiro atoms. The summed E-state index contributed by atoms with van der Waals surface area (Å²) in [7, 11) is 0. The van der Waals surface area contributed by atoms with Crippen molar-refractivity contribution >= 4 is 16.8 Å². The van der Waals surface area contributed by atoms with Crippen molar-refractivity contribution in [3.63, 3.8) is 0 Å². The van der Waals surface area contributed by atoms with Gasteiger partial charge in [0, 0.05) is 30.9 Å². The van der Waals surface area contributed by atoms with Gasteiger partial charge in [0.2, 0.25) is 5.88 Å². The fourth-order valence-corrected chi connectivity index (χ4v) is 4.37. The molecule has 1 amide bonds. The molecule has 0 bridgehead atoms. The van der Waals surface area contributed by atoms with Crippen molar-refractivity contribution < 1.29 is 31.8 Å². The number of fused-ring (bicyclic) bond motifs is 1. The molecule has 1 aromatic carbocycles. The lowest BCUT2D eigenvalue weighted by molar-refractivity contribution is -0.139. The Bertz CT molecular complexity index is 1350. The van der Waals surface area contributed by atoms with Crippen LogP contribution in [0.4, 0.5) is 17.6 Å². The average molecular weight is 508 g/mol. The van der Waals surface area contributed by atoms with Crippen molar-refractivity contribution in [2.45, 2.75) is 52.2 Å². The number of amides is 1.